The van der Waals surface area contributed by atoms with E-state index in [-0.39, 0.29) is 0 Å². The summed E-state index contributed by atoms with van der Waals surface area (Å²) in [7, 11) is -2.28. The summed E-state index contributed by atoms with van der Waals surface area (Å²) in [6.07, 6.45) is 1.10. The third kappa shape index (κ3) is 3.35. The Labute approximate surface area is 66.7 Å². The highest BCUT2D eigenvalue weighted by atomic mass is 31.1. The lowest BCUT2D eigenvalue weighted by Crippen LogP contribution is -1.86. The summed E-state index contributed by atoms with van der Waals surface area (Å²) in [4.78, 5) is 8.56. The van der Waals surface area contributed by atoms with Crippen molar-refractivity contribution in [1.29, 1.82) is 0 Å². The van der Waals surface area contributed by atoms with Gasteiger partial charge in [-0.15, -0.1) is 0 Å². The second kappa shape index (κ2) is 4.32. The van der Waals surface area contributed by atoms with Crippen LogP contribution in [0.3, 0.4) is 0 Å². The first-order chi connectivity index (χ1) is 5.29. The summed E-state index contributed by atoms with van der Waals surface area (Å²) in [6.45, 7) is 0. The molecular formula is C8H11O2P. The number of hydrogen-bond donors (Lipinski definition) is 1. The van der Waals surface area contributed by atoms with Gasteiger partial charge in [-0.25, -0.2) is 0 Å². The molecule has 0 saturated carbocycles. The van der Waals surface area contributed by atoms with E-state index in [1.807, 2.05) is 30.3 Å². The van der Waals surface area contributed by atoms with E-state index < -0.39 is 8.03 Å². The third-order valence-corrected chi connectivity index (χ3v) is 2.15. The number of hydrogen-bond acceptors (Lipinski definition) is 1. The lowest BCUT2D eigenvalue weighted by molar-refractivity contribution is 0.502. The minimum Gasteiger partial charge on any atom is -0.346 e. The highest BCUT2D eigenvalue weighted by Gasteiger charge is 1.94. The molecule has 0 spiro atoms. The van der Waals surface area contributed by atoms with Crippen molar-refractivity contribution in [3.63, 3.8) is 0 Å². The van der Waals surface area contributed by atoms with Gasteiger partial charge in [-0.1, -0.05) is 30.3 Å². The predicted molar refractivity (Wildman–Crippen MR) is 46.2 cm³/mol. The van der Waals surface area contributed by atoms with Gasteiger partial charge in [-0.3, -0.25) is 4.57 Å². The van der Waals surface area contributed by atoms with Crippen molar-refractivity contribution in [3.05, 3.63) is 35.9 Å². The van der Waals surface area contributed by atoms with Crippen LogP contribution in [0.5, 0.6) is 0 Å². The lowest BCUT2D eigenvalue weighted by atomic mass is 10.2. The first-order valence-electron chi connectivity index (χ1n) is 3.55. The van der Waals surface area contributed by atoms with E-state index in [1.165, 1.54) is 0 Å². The van der Waals surface area contributed by atoms with Crippen LogP contribution in [0.4, 0.5) is 0 Å². The van der Waals surface area contributed by atoms with E-state index in [0.717, 1.165) is 5.56 Å². The van der Waals surface area contributed by atoms with Gasteiger partial charge in [0.05, 0.1) is 0 Å². The maximum atomic E-state index is 10.4. The monoisotopic (exact) mass is 170 g/mol. The van der Waals surface area contributed by atoms with Crippen molar-refractivity contribution in [3.8, 4) is 0 Å². The Morgan fingerprint density at radius 2 is 1.91 bits per heavy atom. The summed E-state index contributed by atoms with van der Waals surface area (Å²) in [5, 5.41) is 0. The zero-order chi connectivity index (χ0) is 8.10. The molecular weight excluding hydrogens is 159 g/mol. The Morgan fingerprint density at radius 1 is 1.27 bits per heavy atom. The minimum absolute atomic E-state index is 0.397. The molecule has 1 N–H and O–H groups in total. The Kier molecular flexibility index (Phi) is 3.34. The molecule has 0 aliphatic rings. The molecule has 0 aliphatic carbocycles. The second-order valence-electron chi connectivity index (χ2n) is 2.38. The molecule has 0 fully saturated rings. The highest BCUT2D eigenvalue weighted by molar-refractivity contribution is 7.37. The smallest absolute Gasteiger partial charge is 0.189 e. The van der Waals surface area contributed by atoms with Crippen molar-refractivity contribution in [2.45, 2.75) is 6.42 Å². The molecule has 60 valence electrons. The van der Waals surface area contributed by atoms with Crippen LogP contribution in [0.1, 0.15) is 5.56 Å². The van der Waals surface area contributed by atoms with Crippen LogP contribution < -0.4 is 0 Å². The molecule has 0 aromatic heterocycles. The van der Waals surface area contributed by atoms with Crippen molar-refractivity contribution in [1.82, 2.24) is 0 Å². The Bertz CT molecular complexity index is 233. The van der Waals surface area contributed by atoms with Gasteiger partial charge in [-0.2, -0.15) is 0 Å². The first kappa shape index (κ1) is 8.51. The largest absolute Gasteiger partial charge is 0.346 e. The average Bonchev–Trinajstić information content (AvgIpc) is 2.03. The fraction of sp³-hybridized carbons (Fsp3) is 0.250. The minimum atomic E-state index is -2.28. The quantitative estimate of drug-likeness (QED) is 0.701. The standard InChI is InChI=1S/C8H11O2P/c9-11(10)7-6-8-4-2-1-3-5-8/h1-5,11H,6-7H2,(H,9,10). The molecule has 2 nitrogen and oxygen atoms in total. The van der Waals surface area contributed by atoms with Crippen LogP contribution in [-0.2, 0) is 11.0 Å². The number of rotatable bonds is 3. The van der Waals surface area contributed by atoms with Crippen LogP contribution in [0.15, 0.2) is 30.3 Å². The topological polar surface area (TPSA) is 37.3 Å². The van der Waals surface area contributed by atoms with Gasteiger partial charge in [0, 0.05) is 6.16 Å². The maximum absolute atomic E-state index is 10.4. The summed E-state index contributed by atoms with van der Waals surface area (Å²) < 4.78 is 10.4. The van der Waals surface area contributed by atoms with Gasteiger partial charge in [0.1, 0.15) is 0 Å². The van der Waals surface area contributed by atoms with Gasteiger partial charge < -0.3 is 4.89 Å². The van der Waals surface area contributed by atoms with E-state index >= 15 is 0 Å². The molecule has 11 heavy (non-hydrogen) atoms. The maximum Gasteiger partial charge on any atom is 0.189 e. The fourth-order valence-electron chi connectivity index (χ4n) is 0.896. The molecule has 0 bridgehead atoms. The zero-order valence-corrected chi connectivity index (χ0v) is 7.16. The Hall–Kier alpha value is -0.590. The summed E-state index contributed by atoms with van der Waals surface area (Å²) in [6, 6.07) is 9.73. The van der Waals surface area contributed by atoms with Crippen LogP contribution in [0, 0.1) is 0 Å². The van der Waals surface area contributed by atoms with Crippen molar-refractivity contribution >= 4 is 8.03 Å². The summed E-state index contributed by atoms with van der Waals surface area (Å²) in [5.41, 5.74) is 1.12. The van der Waals surface area contributed by atoms with E-state index in [0.29, 0.717) is 12.6 Å². The normalized spacial score (nSPS) is 12.8. The Balaban J connectivity index is 2.45. The van der Waals surface area contributed by atoms with Gasteiger partial charge >= 0.3 is 0 Å². The molecule has 1 atom stereocenters. The SMILES string of the molecule is O=[PH](O)CCc1ccccc1. The molecule has 0 heterocycles. The van der Waals surface area contributed by atoms with Crippen LogP contribution in [0.25, 0.3) is 0 Å². The van der Waals surface area contributed by atoms with Crippen molar-refractivity contribution < 1.29 is 9.46 Å². The van der Waals surface area contributed by atoms with Crippen molar-refractivity contribution in [2.24, 2.45) is 0 Å². The van der Waals surface area contributed by atoms with Gasteiger partial charge in [0.2, 0.25) is 0 Å². The van der Waals surface area contributed by atoms with Gasteiger partial charge in [-0.05, 0) is 12.0 Å². The molecule has 0 saturated heterocycles. The average molecular weight is 170 g/mol. The molecule has 0 radical (unpaired) electrons. The van der Waals surface area contributed by atoms with Crippen LogP contribution in [-0.4, -0.2) is 11.1 Å². The van der Waals surface area contributed by atoms with E-state index in [2.05, 4.69) is 0 Å². The van der Waals surface area contributed by atoms with E-state index in [1.54, 1.807) is 0 Å². The Morgan fingerprint density at radius 3 is 2.45 bits per heavy atom. The highest BCUT2D eigenvalue weighted by Crippen LogP contribution is 2.14. The molecule has 1 aromatic rings. The van der Waals surface area contributed by atoms with Crippen molar-refractivity contribution in [2.75, 3.05) is 6.16 Å². The summed E-state index contributed by atoms with van der Waals surface area (Å²) in [5.74, 6) is 0. The molecule has 1 rings (SSSR count). The predicted octanol–water partition coefficient (Wildman–Crippen LogP) is 1.70. The lowest BCUT2D eigenvalue weighted by Gasteiger charge is -1.96. The zero-order valence-electron chi connectivity index (χ0n) is 6.16. The summed E-state index contributed by atoms with van der Waals surface area (Å²) >= 11 is 0. The third-order valence-electron chi connectivity index (χ3n) is 1.47. The van der Waals surface area contributed by atoms with Crippen LogP contribution in [0.2, 0.25) is 0 Å². The van der Waals surface area contributed by atoms with E-state index in [4.69, 9.17) is 4.89 Å². The fourth-order valence-corrected chi connectivity index (χ4v) is 1.40. The number of aryl methyl sites for hydroxylation is 1. The molecule has 0 amide bonds. The number of benzene rings is 1. The van der Waals surface area contributed by atoms with Gasteiger partial charge in [0.15, 0.2) is 8.03 Å². The van der Waals surface area contributed by atoms with Gasteiger partial charge in [0.25, 0.3) is 0 Å². The molecule has 0 aliphatic heterocycles. The molecule has 3 heteroatoms. The molecule has 1 aromatic carbocycles. The second-order valence-corrected chi connectivity index (χ2v) is 3.67. The van der Waals surface area contributed by atoms with Crippen LogP contribution >= 0.6 is 8.03 Å². The van der Waals surface area contributed by atoms with E-state index in [9.17, 15) is 4.57 Å². The molecule has 1 unspecified atom stereocenters. The first-order valence-corrected chi connectivity index (χ1v) is 5.11.